The fourth-order valence-corrected chi connectivity index (χ4v) is 2.16. The van der Waals surface area contributed by atoms with E-state index in [-0.39, 0.29) is 5.91 Å². The van der Waals surface area contributed by atoms with Gasteiger partial charge in [-0.3, -0.25) is 4.79 Å². The summed E-state index contributed by atoms with van der Waals surface area (Å²) in [5.74, 6) is 5.53. The van der Waals surface area contributed by atoms with E-state index in [9.17, 15) is 4.79 Å². The number of hydrogen-bond donors (Lipinski definition) is 2. The lowest BCUT2D eigenvalue weighted by molar-refractivity contribution is 0.102. The van der Waals surface area contributed by atoms with E-state index < -0.39 is 0 Å². The molecule has 6 heteroatoms. The number of benzene rings is 1. The predicted molar refractivity (Wildman–Crippen MR) is 79.7 cm³/mol. The van der Waals surface area contributed by atoms with E-state index in [2.05, 4.69) is 26.7 Å². The van der Waals surface area contributed by atoms with Crippen molar-refractivity contribution in [2.45, 2.75) is 13.8 Å². The first kappa shape index (κ1) is 14.2. The fourth-order valence-electron chi connectivity index (χ4n) is 1.61. The Labute approximate surface area is 121 Å². The zero-order valence-corrected chi connectivity index (χ0v) is 12.0. The van der Waals surface area contributed by atoms with Gasteiger partial charge in [-0.15, -0.1) is 5.10 Å². The van der Waals surface area contributed by atoms with Crippen LogP contribution in [0.5, 0.6) is 0 Å². The highest BCUT2D eigenvalue weighted by atomic mass is 32.1. The largest absolute Gasteiger partial charge is 0.321 e. The number of nitrogens with zero attached hydrogens (tertiary/aromatic N) is 2. The van der Waals surface area contributed by atoms with Crippen molar-refractivity contribution in [3.05, 3.63) is 39.9 Å². The van der Waals surface area contributed by atoms with Gasteiger partial charge in [0.25, 0.3) is 5.91 Å². The van der Waals surface area contributed by atoms with Crippen LogP contribution in [0, 0.1) is 25.7 Å². The summed E-state index contributed by atoms with van der Waals surface area (Å²) in [6.45, 7) is 3.99. The molecular formula is C14H14N4OS. The number of aromatic nitrogens is 2. The Morgan fingerprint density at radius 3 is 2.90 bits per heavy atom. The summed E-state index contributed by atoms with van der Waals surface area (Å²) in [4.78, 5) is 12.7. The molecule has 0 bridgehead atoms. The maximum Gasteiger partial charge on any atom is 0.269 e. The maximum atomic E-state index is 12.1. The second kappa shape index (κ2) is 6.28. The first-order valence-electron chi connectivity index (χ1n) is 6.01. The number of carbonyl (C=O) groups is 1. The highest BCUT2D eigenvalue weighted by Gasteiger charge is 2.14. The fraction of sp³-hybridized carbons (Fsp3) is 0.214. The standard InChI is InChI=1S/C14H14N4OS/c1-9-5-6-11(4-3-7-15)8-12(9)16-14(19)13-10(2)17-18-20-13/h5-6,8H,7,15H2,1-2H3,(H,16,19). The summed E-state index contributed by atoms with van der Waals surface area (Å²) in [7, 11) is 0. The van der Waals surface area contributed by atoms with Crippen LogP contribution in [0.15, 0.2) is 18.2 Å². The second-order valence-corrected chi connectivity index (χ2v) is 4.93. The van der Waals surface area contributed by atoms with Gasteiger partial charge in [-0.25, -0.2) is 0 Å². The van der Waals surface area contributed by atoms with Gasteiger partial charge in [-0.1, -0.05) is 22.4 Å². The molecule has 102 valence electrons. The molecule has 2 rings (SSSR count). The molecule has 5 nitrogen and oxygen atoms in total. The summed E-state index contributed by atoms with van der Waals surface area (Å²) >= 11 is 1.08. The van der Waals surface area contributed by atoms with E-state index in [1.54, 1.807) is 6.92 Å². The molecule has 0 saturated heterocycles. The van der Waals surface area contributed by atoms with Gasteiger partial charge in [-0.05, 0) is 43.1 Å². The number of anilines is 1. The second-order valence-electron chi connectivity index (χ2n) is 4.18. The van der Waals surface area contributed by atoms with Gasteiger partial charge in [-0.2, -0.15) is 0 Å². The molecule has 0 aliphatic carbocycles. The van der Waals surface area contributed by atoms with Crippen molar-refractivity contribution in [3.8, 4) is 11.8 Å². The molecule has 3 N–H and O–H groups in total. The van der Waals surface area contributed by atoms with Crippen molar-refractivity contribution < 1.29 is 4.79 Å². The minimum atomic E-state index is -0.204. The molecule has 0 fully saturated rings. The minimum absolute atomic E-state index is 0.204. The van der Waals surface area contributed by atoms with Crippen molar-refractivity contribution >= 4 is 23.1 Å². The summed E-state index contributed by atoms with van der Waals surface area (Å²) in [5, 5.41) is 6.69. The van der Waals surface area contributed by atoms with E-state index in [1.165, 1.54) is 0 Å². The SMILES string of the molecule is Cc1ccc(C#CCN)cc1NC(=O)c1snnc1C. The van der Waals surface area contributed by atoms with E-state index in [0.29, 0.717) is 17.1 Å². The van der Waals surface area contributed by atoms with Gasteiger partial charge in [0.15, 0.2) is 0 Å². The molecule has 0 spiro atoms. The Bertz CT molecular complexity index is 697. The van der Waals surface area contributed by atoms with Crippen molar-refractivity contribution in [2.24, 2.45) is 5.73 Å². The lowest BCUT2D eigenvalue weighted by Crippen LogP contribution is -2.12. The molecule has 2 aromatic rings. The Hall–Kier alpha value is -2.23. The first-order valence-corrected chi connectivity index (χ1v) is 6.79. The maximum absolute atomic E-state index is 12.1. The van der Waals surface area contributed by atoms with Crippen molar-refractivity contribution in [1.29, 1.82) is 0 Å². The quantitative estimate of drug-likeness (QED) is 0.824. The highest BCUT2D eigenvalue weighted by molar-refractivity contribution is 7.08. The summed E-state index contributed by atoms with van der Waals surface area (Å²) in [5.41, 5.74) is 8.49. The molecule has 0 radical (unpaired) electrons. The number of nitrogens with two attached hydrogens (primary N) is 1. The summed E-state index contributed by atoms with van der Waals surface area (Å²) in [6, 6.07) is 5.64. The third kappa shape index (κ3) is 3.20. The van der Waals surface area contributed by atoms with E-state index in [0.717, 1.165) is 28.3 Å². The van der Waals surface area contributed by atoms with Crippen molar-refractivity contribution in [3.63, 3.8) is 0 Å². The zero-order valence-electron chi connectivity index (χ0n) is 11.2. The van der Waals surface area contributed by atoms with Crippen LogP contribution in [0.3, 0.4) is 0 Å². The van der Waals surface area contributed by atoms with E-state index in [1.807, 2.05) is 25.1 Å². The number of rotatable bonds is 2. The van der Waals surface area contributed by atoms with Gasteiger partial charge in [0.2, 0.25) is 0 Å². The molecule has 1 aromatic carbocycles. The van der Waals surface area contributed by atoms with Gasteiger partial charge < -0.3 is 11.1 Å². The van der Waals surface area contributed by atoms with E-state index in [4.69, 9.17) is 5.73 Å². The average Bonchev–Trinajstić information content (AvgIpc) is 2.86. The minimum Gasteiger partial charge on any atom is -0.321 e. The van der Waals surface area contributed by atoms with Crippen molar-refractivity contribution in [1.82, 2.24) is 9.59 Å². The van der Waals surface area contributed by atoms with Gasteiger partial charge in [0.05, 0.1) is 12.2 Å². The normalized spacial score (nSPS) is 9.75. The Balaban J connectivity index is 2.25. The highest BCUT2D eigenvalue weighted by Crippen LogP contribution is 2.19. The number of aryl methyl sites for hydroxylation is 2. The third-order valence-electron chi connectivity index (χ3n) is 2.68. The molecule has 0 saturated carbocycles. The lowest BCUT2D eigenvalue weighted by atomic mass is 10.1. The first-order chi connectivity index (χ1) is 9.61. The lowest BCUT2D eigenvalue weighted by Gasteiger charge is -2.08. The molecule has 1 amide bonds. The average molecular weight is 286 g/mol. The Morgan fingerprint density at radius 1 is 1.45 bits per heavy atom. The molecule has 1 aromatic heterocycles. The molecule has 20 heavy (non-hydrogen) atoms. The monoisotopic (exact) mass is 286 g/mol. The molecule has 0 aliphatic heterocycles. The third-order valence-corrected chi connectivity index (χ3v) is 3.51. The van der Waals surface area contributed by atoms with Crippen LogP contribution in [0.25, 0.3) is 0 Å². The molecular weight excluding hydrogens is 272 g/mol. The Kier molecular flexibility index (Phi) is 4.45. The zero-order chi connectivity index (χ0) is 14.5. The molecule has 0 atom stereocenters. The number of hydrogen-bond acceptors (Lipinski definition) is 5. The summed E-state index contributed by atoms with van der Waals surface area (Å²) < 4.78 is 3.76. The summed E-state index contributed by atoms with van der Waals surface area (Å²) in [6.07, 6.45) is 0. The molecule has 0 unspecified atom stereocenters. The van der Waals surface area contributed by atoms with Crippen LogP contribution in [0.1, 0.15) is 26.5 Å². The number of amides is 1. The van der Waals surface area contributed by atoms with Gasteiger partial charge >= 0.3 is 0 Å². The predicted octanol–water partition coefficient (Wildman–Crippen LogP) is 1.72. The van der Waals surface area contributed by atoms with Crippen LogP contribution in [-0.2, 0) is 0 Å². The van der Waals surface area contributed by atoms with Gasteiger partial charge in [0, 0.05) is 11.3 Å². The van der Waals surface area contributed by atoms with Crippen LogP contribution in [0.4, 0.5) is 5.69 Å². The van der Waals surface area contributed by atoms with Crippen LogP contribution >= 0.6 is 11.5 Å². The Morgan fingerprint density at radius 2 is 2.25 bits per heavy atom. The van der Waals surface area contributed by atoms with Crippen LogP contribution in [-0.4, -0.2) is 22.0 Å². The molecule has 1 heterocycles. The number of carbonyl (C=O) groups excluding carboxylic acids is 1. The smallest absolute Gasteiger partial charge is 0.269 e. The van der Waals surface area contributed by atoms with Crippen LogP contribution < -0.4 is 11.1 Å². The van der Waals surface area contributed by atoms with Gasteiger partial charge in [0.1, 0.15) is 4.88 Å². The van der Waals surface area contributed by atoms with E-state index >= 15 is 0 Å². The number of nitrogens with one attached hydrogen (secondary N) is 1. The molecule has 0 aliphatic rings. The van der Waals surface area contributed by atoms with Crippen molar-refractivity contribution in [2.75, 3.05) is 11.9 Å². The van der Waals surface area contributed by atoms with Crippen LogP contribution in [0.2, 0.25) is 0 Å². The topological polar surface area (TPSA) is 80.9 Å².